The molecule has 0 aromatic heterocycles. The fourth-order valence-corrected chi connectivity index (χ4v) is 2.38. The van der Waals surface area contributed by atoms with Crippen LogP contribution in [0.2, 0.25) is 0 Å². The van der Waals surface area contributed by atoms with Gasteiger partial charge >= 0.3 is 5.97 Å². The van der Waals surface area contributed by atoms with E-state index in [0.717, 1.165) is 12.8 Å². The van der Waals surface area contributed by atoms with Crippen molar-refractivity contribution in [3.63, 3.8) is 0 Å². The van der Waals surface area contributed by atoms with E-state index in [1.165, 1.54) is 4.90 Å². The Morgan fingerprint density at radius 2 is 2.00 bits per heavy atom. The van der Waals surface area contributed by atoms with Crippen LogP contribution in [0.3, 0.4) is 0 Å². The average Bonchev–Trinajstić information content (AvgIpc) is 2.63. The van der Waals surface area contributed by atoms with Gasteiger partial charge in [-0.25, -0.2) is 4.79 Å². The second-order valence-electron chi connectivity index (χ2n) is 5.06. The highest BCUT2D eigenvalue weighted by Gasteiger charge is 2.35. The second-order valence-corrected chi connectivity index (χ2v) is 5.06. The van der Waals surface area contributed by atoms with E-state index in [9.17, 15) is 9.59 Å². The molecule has 0 saturated carbocycles. The molecule has 1 fully saturated rings. The molecule has 0 bridgehead atoms. The van der Waals surface area contributed by atoms with E-state index in [0.29, 0.717) is 18.9 Å². The van der Waals surface area contributed by atoms with Crippen molar-refractivity contribution in [2.45, 2.75) is 46.1 Å². The molecule has 1 saturated heterocycles. The molecule has 0 aromatic carbocycles. The molecule has 1 N–H and O–H groups in total. The van der Waals surface area contributed by atoms with Gasteiger partial charge in [0, 0.05) is 12.5 Å². The molecule has 0 aliphatic carbocycles. The molecular weight excluding hydrogens is 206 g/mol. The fourth-order valence-electron chi connectivity index (χ4n) is 2.38. The highest BCUT2D eigenvalue weighted by molar-refractivity contribution is 5.85. The van der Waals surface area contributed by atoms with Crippen LogP contribution in [0.15, 0.2) is 0 Å². The van der Waals surface area contributed by atoms with Crippen molar-refractivity contribution in [2.24, 2.45) is 11.8 Å². The van der Waals surface area contributed by atoms with Gasteiger partial charge in [0.15, 0.2) is 0 Å². The summed E-state index contributed by atoms with van der Waals surface area (Å²) in [7, 11) is 0. The zero-order valence-corrected chi connectivity index (χ0v) is 10.3. The molecule has 1 heterocycles. The van der Waals surface area contributed by atoms with Crippen LogP contribution in [0.1, 0.15) is 40.0 Å². The second kappa shape index (κ2) is 5.32. The van der Waals surface area contributed by atoms with Crippen molar-refractivity contribution in [1.82, 2.24) is 4.90 Å². The van der Waals surface area contributed by atoms with Crippen molar-refractivity contribution in [2.75, 3.05) is 6.54 Å². The van der Waals surface area contributed by atoms with Crippen molar-refractivity contribution in [3.05, 3.63) is 0 Å². The molecule has 16 heavy (non-hydrogen) atoms. The van der Waals surface area contributed by atoms with Gasteiger partial charge in [-0.15, -0.1) is 0 Å². The van der Waals surface area contributed by atoms with Crippen LogP contribution in [0.4, 0.5) is 0 Å². The Morgan fingerprint density at radius 3 is 2.50 bits per heavy atom. The maximum Gasteiger partial charge on any atom is 0.326 e. The maximum absolute atomic E-state index is 12.1. The van der Waals surface area contributed by atoms with Gasteiger partial charge in [0.05, 0.1) is 0 Å². The number of hydrogen-bond donors (Lipinski definition) is 1. The molecular formula is C12H21NO3. The molecule has 0 spiro atoms. The quantitative estimate of drug-likeness (QED) is 0.796. The van der Waals surface area contributed by atoms with E-state index in [1.807, 2.05) is 6.92 Å². The first kappa shape index (κ1) is 13.0. The van der Waals surface area contributed by atoms with Crippen molar-refractivity contribution < 1.29 is 14.7 Å². The summed E-state index contributed by atoms with van der Waals surface area (Å²) in [5.74, 6) is -0.481. The first-order valence-corrected chi connectivity index (χ1v) is 5.96. The van der Waals surface area contributed by atoms with E-state index in [2.05, 4.69) is 13.8 Å². The minimum absolute atomic E-state index is 0.00130. The fraction of sp³-hybridized carbons (Fsp3) is 0.833. The Morgan fingerprint density at radius 1 is 1.38 bits per heavy atom. The highest BCUT2D eigenvalue weighted by atomic mass is 16.4. The number of carbonyl (C=O) groups excluding carboxylic acids is 1. The topological polar surface area (TPSA) is 57.6 Å². The van der Waals surface area contributed by atoms with Crippen molar-refractivity contribution in [1.29, 1.82) is 0 Å². The van der Waals surface area contributed by atoms with Crippen LogP contribution in [-0.4, -0.2) is 34.5 Å². The molecule has 0 radical (unpaired) electrons. The number of carboxylic acids is 1. The van der Waals surface area contributed by atoms with Gasteiger partial charge in [-0.1, -0.05) is 20.8 Å². The van der Waals surface area contributed by atoms with Gasteiger partial charge in [0.1, 0.15) is 6.04 Å². The molecule has 1 aliphatic heterocycles. The molecule has 0 aromatic rings. The zero-order valence-electron chi connectivity index (χ0n) is 10.3. The molecule has 2 atom stereocenters. The summed E-state index contributed by atoms with van der Waals surface area (Å²) in [6.45, 7) is 6.63. The summed E-state index contributed by atoms with van der Waals surface area (Å²) in [4.78, 5) is 24.6. The van der Waals surface area contributed by atoms with Crippen LogP contribution < -0.4 is 0 Å². The predicted octanol–water partition coefficient (Wildman–Crippen LogP) is 1.74. The Labute approximate surface area is 96.6 Å². The highest BCUT2D eigenvalue weighted by Crippen LogP contribution is 2.22. The minimum Gasteiger partial charge on any atom is -0.480 e. The van der Waals surface area contributed by atoms with E-state index in [1.54, 1.807) is 0 Å². The Balaban J connectivity index is 2.62. The number of amides is 1. The van der Waals surface area contributed by atoms with Gasteiger partial charge in [-0.3, -0.25) is 4.79 Å². The normalized spacial score (nSPS) is 22.5. The van der Waals surface area contributed by atoms with Crippen molar-refractivity contribution >= 4 is 11.9 Å². The number of nitrogens with zero attached hydrogens (tertiary/aromatic N) is 1. The van der Waals surface area contributed by atoms with Crippen LogP contribution in [0.5, 0.6) is 0 Å². The lowest BCUT2D eigenvalue weighted by Gasteiger charge is -2.25. The van der Waals surface area contributed by atoms with E-state index >= 15 is 0 Å². The largest absolute Gasteiger partial charge is 0.480 e. The van der Waals surface area contributed by atoms with Crippen molar-refractivity contribution in [3.8, 4) is 0 Å². The lowest BCUT2D eigenvalue weighted by Crippen LogP contribution is -2.43. The molecule has 1 rings (SSSR count). The van der Waals surface area contributed by atoms with Gasteiger partial charge in [-0.05, 0) is 25.2 Å². The zero-order chi connectivity index (χ0) is 12.3. The smallest absolute Gasteiger partial charge is 0.326 e. The Kier molecular flexibility index (Phi) is 4.33. The summed E-state index contributed by atoms with van der Waals surface area (Å²) < 4.78 is 0. The number of carboxylic acid groups (broad SMARTS) is 1. The monoisotopic (exact) mass is 227 g/mol. The summed E-state index contributed by atoms with van der Waals surface area (Å²) in [5.41, 5.74) is 0. The van der Waals surface area contributed by atoms with Crippen LogP contribution in [-0.2, 0) is 9.59 Å². The summed E-state index contributed by atoms with van der Waals surface area (Å²) in [6, 6.07) is -0.595. The molecule has 4 heteroatoms. The van der Waals surface area contributed by atoms with Gasteiger partial charge in [0.2, 0.25) is 5.91 Å². The SMILES string of the molecule is CC(C)C[C@H](C)C(=O)N1CCC[C@H]1C(=O)O. The van der Waals surface area contributed by atoms with Gasteiger partial charge in [0.25, 0.3) is 0 Å². The third kappa shape index (κ3) is 2.97. The predicted molar refractivity (Wildman–Crippen MR) is 61.0 cm³/mol. The minimum atomic E-state index is -0.873. The Bertz CT molecular complexity index is 275. The molecule has 0 unspecified atom stereocenters. The molecule has 92 valence electrons. The molecule has 1 aliphatic rings. The standard InChI is InChI=1S/C12H21NO3/c1-8(2)7-9(3)11(14)13-6-4-5-10(13)12(15)16/h8-10H,4-7H2,1-3H3,(H,15,16)/t9-,10-/m0/s1. The van der Waals surface area contributed by atoms with Crippen LogP contribution >= 0.6 is 0 Å². The van der Waals surface area contributed by atoms with Crippen LogP contribution in [0, 0.1) is 11.8 Å². The van der Waals surface area contributed by atoms with E-state index < -0.39 is 12.0 Å². The third-order valence-electron chi connectivity index (χ3n) is 3.07. The Hall–Kier alpha value is -1.06. The van der Waals surface area contributed by atoms with Gasteiger partial charge in [-0.2, -0.15) is 0 Å². The summed E-state index contributed by atoms with van der Waals surface area (Å²) in [6.07, 6.45) is 2.22. The first-order chi connectivity index (χ1) is 7.43. The number of carbonyl (C=O) groups is 2. The summed E-state index contributed by atoms with van der Waals surface area (Å²) in [5, 5.41) is 9.00. The maximum atomic E-state index is 12.1. The molecule has 4 nitrogen and oxygen atoms in total. The number of likely N-dealkylation sites (tertiary alicyclic amines) is 1. The number of hydrogen-bond acceptors (Lipinski definition) is 2. The van der Waals surface area contributed by atoms with E-state index in [-0.39, 0.29) is 11.8 Å². The first-order valence-electron chi connectivity index (χ1n) is 5.96. The van der Waals surface area contributed by atoms with Crippen LogP contribution in [0.25, 0.3) is 0 Å². The third-order valence-corrected chi connectivity index (χ3v) is 3.07. The van der Waals surface area contributed by atoms with Gasteiger partial charge < -0.3 is 10.0 Å². The average molecular weight is 227 g/mol. The number of aliphatic carboxylic acids is 1. The lowest BCUT2D eigenvalue weighted by molar-refractivity contribution is -0.149. The van der Waals surface area contributed by atoms with E-state index in [4.69, 9.17) is 5.11 Å². The lowest BCUT2D eigenvalue weighted by atomic mass is 9.97. The number of rotatable bonds is 4. The molecule has 1 amide bonds. The summed E-state index contributed by atoms with van der Waals surface area (Å²) >= 11 is 0.